The molecule has 1 N–H and O–H groups in total. The van der Waals surface area contributed by atoms with Crippen molar-refractivity contribution < 1.29 is 0 Å². The third-order valence-electron chi connectivity index (χ3n) is 4.03. The molecule has 0 spiro atoms. The number of piperidine rings is 1. The zero-order valence-corrected chi connectivity index (χ0v) is 13.2. The molecule has 2 atom stereocenters. The molecule has 2 unspecified atom stereocenters. The molecule has 0 radical (unpaired) electrons. The van der Waals surface area contributed by atoms with Crippen LogP contribution in [0.5, 0.6) is 0 Å². The monoisotopic (exact) mass is 290 g/mol. The van der Waals surface area contributed by atoms with Crippen LogP contribution in [0.25, 0.3) is 10.2 Å². The summed E-state index contributed by atoms with van der Waals surface area (Å²) in [5.41, 5.74) is 0. The van der Waals surface area contributed by atoms with Crippen LogP contribution in [0.15, 0.2) is 11.4 Å². The largest absolute Gasteiger partial charge is 0.354 e. The number of rotatable bonds is 3. The van der Waals surface area contributed by atoms with Crippen LogP contribution in [0, 0.1) is 5.92 Å². The average molecular weight is 290 g/mol. The molecular formula is C15H22N4S. The van der Waals surface area contributed by atoms with Gasteiger partial charge in [0.05, 0.1) is 5.39 Å². The molecule has 1 aliphatic heterocycles. The lowest BCUT2D eigenvalue weighted by Crippen LogP contribution is -2.41. The SMILES string of the molecule is CCNc1nc(N2CC(C)CCC2C)c2ccsc2n1. The summed E-state index contributed by atoms with van der Waals surface area (Å²) in [5.74, 6) is 2.59. The topological polar surface area (TPSA) is 41.1 Å². The number of hydrogen-bond acceptors (Lipinski definition) is 5. The zero-order valence-electron chi connectivity index (χ0n) is 12.4. The predicted octanol–water partition coefficient (Wildman–Crippen LogP) is 3.75. The van der Waals surface area contributed by atoms with Gasteiger partial charge in [-0.2, -0.15) is 4.98 Å². The first kappa shape index (κ1) is 13.6. The number of aromatic nitrogens is 2. The normalized spacial score (nSPS) is 23.2. The van der Waals surface area contributed by atoms with Gasteiger partial charge in [0, 0.05) is 19.1 Å². The Morgan fingerprint density at radius 2 is 2.20 bits per heavy atom. The van der Waals surface area contributed by atoms with Crippen molar-refractivity contribution in [2.45, 2.75) is 39.7 Å². The molecule has 2 aromatic heterocycles. The Balaban J connectivity index is 2.05. The van der Waals surface area contributed by atoms with E-state index in [0.29, 0.717) is 6.04 Å². The van der Waals surface area contributed by atoms with Gasteiger partial charge in [0.1, 0.15) is 10.6 Å². The lowest BCUT2D eigenvalue weighted by Gasteiger charge is -2.38. The lowest BCUT2D eigenvalue weighted by atomic mass is 9.95. The van der Waals surface area contributed by atoms with Gasteiger partial charge in [-0.3, -0.25) is 0 Å². The van der Waals surface area contributed by atoms with Gasteiger partial charge >= 0.3 is 0 Å². The Hall–Kier alpha value is -1.36. The molecule has 1 aliphatic rings. The van der Waals surface area contributed by atoms with E-state index < -0.39 is 0 Å². The Morgan fingerprint density at radius 3 is 3.00 bits per heavy atom. The van der Waals surface area contributed by atoms with Gasteiger partial charge in [0.25, 0.3) is 0 Å². The maximum Gasteiger partial charge on any atom is 0.226 e. The molecule has 3 heterocycles. The van der Waals surface area contributed by atoms with Crippen molar-refractivity contribution in [3.63, 3.8) is 0 Å². The number of nitrogens with zero attached hydrogens (tertiary/aromatic N) is 3. The molecule has 108 valence electrons. The first-order valence-electron chi connectivity index (χ1n) is 7.44. The van der Waals surface area contributed by atoms with E-state index in [1.807, 2.05) is 0 Å². The number of anilines is 2. The molecule has 3 rings (SSSR count). The summed E-state index contributed by atoms with van der Waals surface area (Å²) in [7, 11) is 0. The van der Waals surface area contributed by atoms with Crippen LogP contribution in [-0.2, 0) is 0 Å². The van der Waals surface area contributed by atoms with Gasteiger partial charge in [-0.1, -0.05) is 6.92 Å². The molecule has 0 aliphatic carbocycles. The van der Waals surface area contributed by atoms with Crippen LogP contribution >= 0.6 is 11.3 Å². The maximum atomic E-state index is 4.78. The van der Waals surface area contributed by atoms with E-state index >= 15 is 0 Å². The summed E-state index contributed by atoms with van der Waals surface area (Å²) in [6.45, 7) is 8.65. The minimum Gasteiger partial charge on any atom is -0.354 e. The Bertz CT molecular complexity index is 595. The molecular weight excluding hydrogens is 268 g/mol. The minimum absolute atomic E-state index is 0.554. The molecule has 4 nitrogen and oxygen atoms in total. The lowest BCUT2D eigenvalue weighted by molar-refractivity contribution is 0.389. The fraction of sp³-hybridized carbons (Fsp3) is 0.600. The van der Waals surface area contributed by atoms with E-state index in [-0.39, 0.29) is 0 Å². The zero-order chi connectivity index (χ0) is 14.1. The van der Waals surface area contributed by atoms with Crippen LogP contribution < -0.4 is 10.2 Å². The predicted molar refractivity (Wildman–Crippen MR) is 86.8 cm³/mol. The third-order valence-corrected chi connectivity index (χ3v) is 4.84. The first-order chi connectivity index (χ1) is 9.69. The van der Waals surface area contributed by atoms with E-state index in [1.54, 1.807) is 11.3 Å². The summed E-state index contributed by atoms with van der Waals surface area (Å²) in [6, 6.07) is 2.70. The summed E-state index contributed by atoms with van der Waals surface area (Å²) in [4.78, 5) is 12.9. The Labute approximate surface area is 124 Å². The van der Waals surface area contributed by atoms with Crippen molar-refractivity contribution in [2.75, 3.05) is 23.3 Å². The van der Waals surface area contributed by atoms with Crippen LogP contribution in [-0.4, -0.2) is 29.1 Å². The average Bonchev–Trinajstić information content (AvgIpc) is 2.89. The molecule has 0 saturated carbocycles. The molecule has 1 saturated heterocycles. The molecule has 2 aromatic rings. The van der Waals surface area contributed by atoms with Crippen molar-refractivity contribution in [3.05, 3.63) is 11.4 Å². The minimum atomic E-state index is 0.554. The Morgan fingerprint density at radius 1 is 1.35 bits per heavy atom. The van der Waals surface area contributed by atoms with Gasteiger partial charge in [0.15, 0.2) is 0 Å². The molecule has 5 heteroatoms. The molecule has 0 aromatic carbocycles. The van der Waals surface area contributed by atoms with E-state index in [9.17, 15) is 0 Å². The number of nitrogens with one attached hydrogen (secondary N) is 1. The second-order valence-corrected chi connectivity index (χ2v) is 6.62. The van der Waals surface area contributed by atoms with Crippen LogP contribution in [0.3, 0.4) is 0 Å². The fourth-order valence-electron chi connectivity index (χ4n) is 2.88. The van der Waals surface area contributed by atoms with Gasteiger partial charge in [-0.05, 0) is 44.1 Å². The van der Waals surface area contributed by atoms with Crippen molar-refractivity contribution in [1.82, 2.24) is 9.97 Å². The smallest absolute Gasteiger partial charge is 0.226 e. The van der Waals surface area contributed by atoms with E-state index in [2.05, 4.69) is 47.4 Å². The number of fused-ring (bicyclic) bond motifs is 1. The standard InChI is InChI=1S/C15H22N4S/c1-4-16-15-17-13(12-7-8-20-14(12)18-15)19-9-10(2)5-6-11(19)3/h7-8,10-11H,4-6,9H2,1-3H3,(H,16,17,18). The summed E-state index contributed by atoms with van der Waals surface area (Å²) < 4.78 is 0. The fourth-order valence-corrected chi connectivity index (χ4v) is 3.64. The van der Waals surface area contributed by atoms with Crippen LogP contribution in [0.4, 0.5) is 11.8 Å². The highest BCUT2D eigenvalue weighted by molar-refractivity contribution is 7.16. The summed E-state index contributed by atoms with van der Waals surface area (Å²) in [6.07, 6.45) is 2.56. The van der Waals surface area contributed by atoms with Gasteiger partial charge < -0.3 is 10.2 Å². The highest BCUT2D eigenvalue weighted by Crippen LogP contribution is 2.33. The second kappa shape index (κ2) is 5.56. The number of hydrogen-bond donors (Lipinski definition) is 1. The van der Waals surface area contributed by atoms with Gasteiger partial charge in [0.2, 0.25) is 5.95 Å². The van der Waals surface area contributed by atoms with Crippen molar-refractivity contribution in [1.29, 1.82) is 0 Å². The number of thiophene rings is 1. The van der Waals surface area contributed by atoms with Gasteiger partial charge in [-0.25, -0.2) is 4.98 Å². The molecule has 1 fully saturated rings. The van der Waals surface area contributed by atoms with Crippen molar-refractivity contribution >= 4 is 33.3 Å². The summed E-state index contributed by atoms with van der Waals surface area (Å²) in [5, 5.41) is 6.55. The Kier molecular flexibility index (Phi) is 3.78. The quantitative estimate of drug-likeness (QED) is 0.934. The second-order valence-electron chi connectivity index (χ2n) is 5.72. The maximum absolute atomic E-state index is 4.78. The highest BCUT2D eigenvalue weighted by atomic mass is 32.1. The highest BCUT2D eigenvalue weighted by Gasteiger charge is 2.26. The van der Waals surface area contributed by atoms with Crippen LogP contribution in [0.1, 0.15) is 33.6 Å². The van der Waals surface area contributed by atoms with Crippen LogP contribution in [0.2, 0.25) is 0 Å². The van der Waals surface area contributed by atoms with Gasteiger partial charge in [-0.15, -0.1) is 11.3 Å². The molecule has 0 amide bonds. The third kappa shape index (κ3) is 2.46. The van der Waals surface area contributed by atoms with E-state index in [1.165, 1.54) is 18.2 Å². The first-order valence-corrected chi connectivity index (χ1v) is 8.32. The van der Waals surface area contributed by atoms with E-state index in [0.717, 1.165) is 35.6 Å². The van der Waals surface area contributed by atoms with E-state index in [4.69, 9.17) is 4.98 Å². The van der Waals surface area contributed by atoms with Crippen molar-refractivity contribution in [3.8, 4) is 0 Å². The molecule has 20 heavy (non-hydrogen) atoms. The molecule has 0 bridgehead atoms. The van der Waals surface area contributed by atoms with Crippen molar-refractivity contribution in [2.24, 2.45) is 5.92 Å². The summed E-state index contributed by atoms with van der Waals surface area (Å²) >= 11 is 1.69.